The van der Waals surface area contributed by atoms with E-state index in [4.69, 9.17) is 10.5 Å². The molecule has 0 aliphatic carbocycles. The van der Waals surface area contributed by atoms with E-state index in [2.05, 4.69) is 0 Å². The quantitative estimate of drug-likeness (QED) is 0.664. The first-order valence-corrected chi connectivity index (χ1v) is 5.74. The Kier molecular flexibility index (Phi) is 3.63. The van der Waals surface area contributed by atoms with E-state index < -0.39 is 0 Å². The molecule has 0 unspecified atom stereocenters. The molecule has 2 aromatic carbocycles. The first-order chi connectivity index (χ1) is 8.66. The minimum absolute atomic E-state index is 0.288. The minimum atomic E-state index is -0.335. The number of rotatable bonds is 3. The van der Waals surface area contributed by atoms with Crippen LogP contribution in [0.1, 0.15) is 21.5 Å². The summed E-state index contributed by atoms with van der Waals surface area (Å²) in [4.78, 5) is 11.8. The largest absolute Gasteiger partial charge is 0.457 e. The normalized spacial score (nSPS) is 10.1. The van der Waals surface area contributed by atoms with E-state index in [0.717, 1.165) is 11.1 Å². The van der Waals surface area contributed by atoms with E-state index in [9.17, 15) is 4.79 Å². The molecule has 0 spiro atoms. The zero-order chi connectivity index (χ0) is 13.0. The zero-order valence-corrected chi connectivity index (χ0v) is 10.2. The number of aryl methyl sites for hydroxylation is 1. The number of nitrogens with two attached hydrogens (primary N) is 1. The molecular formula is C15H15NO2. The van der Waals surface area contributed by atoms with Crippen LogP contribution in [0.3, 0.4) is 0 Å². The summed E-state index contributed by atoms with van der Waals surface area (Å²) in [5.41, 5.74) is 8.83. The lowest BCUT2D eigenvalue weighted by Gasteiger charge is -2.07. The smallest absolute Gasteiger partial charge is 0.338 e. The van der Waals surface area contributed by atoms with Crippen LogP contribution in [-0.4, -0.2) is 5.97 Å². The Morgan fingerprint density at radius 2 is 1.78 bits per heavy atom. The number of hydrogen-bond acceptors (Lipinski definition) is 3. The summed E-state index contributed by atoms with van der Waals surface area (Å²) in [6.45, 7) is 2.28. The summed E-state index contributed by atoms with van der Waals surface area (Å²) in [6.07, 6.45) is 0. The fourth-order valence-corrected chi connectivity index (χ4v) is 1.62. The topological polar surface area (TPSA) is 52.3 Å². The highest BCUT2D eigenvalue weighted by molar-refractivity contribution is 5.89. The molecule has 0 aliphatic rings. The first-order valence-electron chi connectivity index (χ1n) is 5.74. The van der Waals surface area contributed by atoms with Crippen LogP contribution >= 0.6 is 0 Å². The van der Waals surface area contributed by atoms with Crippen LogP contribution in [0, 0.1) is 6.92 Å². The van der Waals surface area contributed by atoms with Crippen molar-refractivity contribution in [2.24, 2.45) is 0 Å². The summed E-state index contributed by atoms with van der Waals surface area (Å²) in [5, 5.41) is 0. The predicted octanol–water partition coefficient (Wildman–Crippen LogP) is 2.93. The molecule has 3 heteroatoms. The summed E-state index contributed by atoms with van der Waals surface area (Å²) in [6, 6.07) is 14.5. The second-order valence-corrected chi connectivity index (χ2v) is 4.12. The SMILES string of the molecule is Cc1ccccc1COC(=O)c1ccc(N)cc1. The van der Waals surface area contributed by atoms with E-state index in [1.807, 2.05) is 31.2 Å². The predicted molar refractivity (Wildman–Crippen MR) is 71.2 cm³/mol. The number of hydrogen-bond donors (Lipinski definition) is 1. The molecule has 0 saturated carbocycles. The monoisotopic (exact) mass is 241 g/mol. The van der Waals surface area contributed by atoms with Crippen molar-refractivity contribution >= 4 is 11.7 Å². The van der Waals surface area contributed by atoms with Crippen molar-refractivity contribution in [2.45, 2.75) is 13.5 Å². The number of nitrogen functional groups attached to an aromatic ring is 1. The number of esters is 1. The molecule has 0 fully saturated rings. The van der Waals surface area contributed by atoms with Gasteiger partial charge in [-0.2, -0.15) is 0 Å². The third kappa shape index (κ3) is 2.88. The Bertz CT molecular complexity index is 547. The van der Waals surface area contributed by atoms with Crippen molar-refractivity contribution < 1.29 is 9.53 Å². The van der Waals surface area contributed by atoms with Crippen LogP contribution in [0.4, 0.5) is 5.69 Å². The zero-order valence-electron chi connectivity index (χ0n) is 10.2. The first kappa shape index (κ1) is 12.2. The second kappa shape index (κ2) is 5.36. The second-order valence-electron chi connectivity index (χ2n) is 4.12. The average molecular weight is 241 g/mol. The van der Waals surface area contributed by atoms with Crippen LogP contribution in [0.25, 0.3) is 0 Å². The summed E-state index contributed by atoms with van der Waals surface area (Å²) in [7, 11) is 0. The van der Waals surface area contributed by atoms with Gasteiger partial charge in [0.1, 0.15) is 6.61 Å². The number of carbonyl (C=O) groups excluding carboxylic acids is 1. The molecule has 2 N–H and O–H groups in total. The van der Waals surface area contributed by atoms with Gasteiger partial charge in [0.25, 0.3) is 0 Å². The van der Waals surface area contributed by atoms with Crippen molar-refractivity contribution in [3.05, 3.63) is 65.2 Å². The molecule has 2 rings (SSSR count). The van der Waals surface area contributed by atoms with Crippen molar-refractivity contribution in [3.8, 4) is 0 Å². The fraction of sp³-hybridized carbons (Fsp3) is 0.133. The van der Waals surface area contributed by atoms with Gasteiger partial charge in [-0.15, -0.1) is 0 Å². The van der Waals surface area contributed by atoms with Gasteiger partial charge in [0.15, 0.2) is 0 Å². The number of ether oxygens (including phenoxy) is 1. The number of carbonyl (C=O) groups is 1. The van der Waals surface area contributed by atoms with E-state index in [1.165, 1.54) is 0 Å². The van der Waals surface area contributed by atoms with Gasteiger partial charge in [-0.05, 0) is 42.3 Å². The van der Waals surface area contributed by atoms with Gasteiger partial charge < -0.3 is 10.5 Å². The average Bonchev–Trinajstić information content (AvgIpc) is 2.38. The van der Waals surface area contributed by atoms with Crippen LogP contribution in [0.2, 0.25) is 0 Å². The van der Waals surface area contributed by atoms with Gasteiger partial charge >= 0.3 is 5.97 Å². The van der Waals surface area contributed by atoms with Crippen LogP contribution < -0.4 is 5.73 Å². The van der Waals surface area contributed by atoms with Gasteiger partial charge in [0.05, 0.1) is 5.56 Å². The highest BCUT2D eigenvalue weighted by Gasteiger charge is 2.07. The van der Waals surface area contributed by atoms with Gasteiger partial charge in [-0.25, -0.2) is 4.79 Å². The maximum Gasteiger partial charge on any atom is 0.338 e. The molecule has 0 aromatic heterocycles. The summed E-state index contributed by atoms with van der Waals surface area (Å²) < 4.78 is 5.26. The minimum Gasteiger partial charge on any atom is -0.457 e. The molecule has 92 valence electrons. The third-order valence-corrected chi connectivity index (χ3v) is 2.77. The highest BCUT2D eigenvalue weighted by Crippen LogP contribution is 2.11. The molecule has 3 nitrogen and oxygen atoms in total. The Balaban J connectivity index is 2.01. The molecule has 18 heavy (non-hydrogen) atoms. The van der Waals surface area contributed by atoms with Crippen molar-refractivity contribution in [1.29, 1.82) is 0 Å². The maximum absolute atomic E-state index is 11.8. The standard InChI is InChI=1S/C15H15NO2/c1-11-4-2-3-5-13(11)10-18-15(17)12-6-8-14(16)9-7-12/h2-9H,10,16H2,1H3. The van der Waals surface area contributed by atoms with Crippen LogP contribution in [-0.2, 0) is 11.3 Å². The number of anilines is 1. The molecule has 0 atom stereocenters. The summed E-state index contributed by atoms with van der Waals surface area (Å²) >= 11 is 0. The maximum atomic E-state index is 11.8. The van der Waals surface area contributed by atoms with Gasteiger partial charge in [-0.3, -0.25) is 0 Å². The van der Waals surface area contributed by atoms with E-state index >= 15 is 0 Å². The highest BCUT2D eigenvalue weighted by atomic mass is 16.5. The number of benzene rings is 2. The summed E-state index contributed by atoms with van der Waals surface area (Å²) in [5.74, 6) is -0.335. The van der Waals surface area contributed by atoms with Crippen LogP contribution in [0.5, 0.6) is 0 Å². The van der Waals surface area contributed by atoms with Crippen molar-refractivity contribution in [3.63, 3.8) is 0 Å². The van der Waals surface area contributed by atoms with Crippen molar-refractivity contribution in [1.82, 2.24) is 0 Å². The lowest BCUT2D eigenvalue weighted by atomic mass is 10.1. The Hall–Kier alpha value is -2.29. The molecule has 0 aliphatic heterocycles. The van der Waals surface area contributed by atoms with Crippen LogP contribution in [0.15, 0.2) is 48.5 Å². The molecule has 2 aromatic rings. The Morgan fingerprint density at radius 3 is 2.44 bits per heavy atom. The molecule has 0 heterocycles. The van der Waals surface area contributed by atoms with Gasteiger partial charge in [0.2, 0.25) is 0 Å². The molecule has 0 amide bonds. The Morgan fingerprint density at radius 1 is 1.11 bits per heavy atom. The van der Waals surface area contributed by atoms with Gasteiger partial charge in [0, 0.05) is 5.69 Å². The van der Waals surface area contributed by atoms with Gasteiger partial charge in [-0.1, -0.05) is 24.3 Å². The lowest BCUT2D eigenvalue weighted by Crippen LogP contribution is -2.06. The van der Waals surface area contributed by atoms with E-state index in [-0.39, 0.29) is 12.6 Å². The van der Waals surface area contributed by atoms with E-state index in [1.54, 1.807) is 24.3 Å². The molecular weight excluding hydrogens is 226 g/mol. The van der Waals surface area contributed by atoms with E-state index in [0.29, 0.717) is 11.3 Å². The van der Waals surface area contributed by atoms with Crippen molar-refractivity contribution in [2.75, 3.05) is 5.73 Å². The molecule has 0 saturated heterocycles. The fourth-order valence-electron chi connectivity index (χ4n) is 1.62. The molecule has 0 radical (unpaired) electrons. The molecule has 0 bridgehead atoms. The lowest BCUT2D eigenvalue weighted by molar-refractivity contribution is 0.0472. The Labute approximate surface area is 106 Å². The third-order valence-electron chi connectivity index (χ3n) is 2.77.